The quantitative estimate of drug-likeness (QED) is 0.902. The molecule has 1 aromatic heterocycles. The number of methoxy groups -OCH3 is 1. The van der Waals surface area contributed by atoms with E-state index in [1.54, 1.807) is 13.2 Å². The molecule has 0 aliphatic carbocycles. The lowest BCUT2D eigenvalue weighted by atomic mass is 9.95. The van der Waals surface area contributed by atoms with Gasteiger partial charge in [-0.2, -0.15) is 0 Å². The molecule has 1 aromatic carbocycles. The van der Waals surface area contributed by atoms with Crippen molar-refractivity contribution < 1.29 is 9.26 Å². The summed E-state index contributed by atoms with van der Waals surface area (Å²) >= 11 is 0. The molecule has 0 bridgehead atoms. The second-order valence-electron chi connectivity index (χ2n) is 4.68. The molecule has 2 N–H and O–H groups in total. The fraction of sp³-hybridized carbons (Fsp3) is 0.357. The molecular weight excluding hydrogens is 228 g/mol. The number of hydrogen-bond acceptors (Lipinski definition) is 4. The van der Waals surface area contributed by atoms with Gasteiger partial charge in [-0.3, -0.25) is 0 Å². The van der Waals surface area contributed by atoms with Crippen LogP contribution in [0, 0.1) is 6.92 Å². The fourth-order valence-corrected chi connectivity index (χ4v) is 2.02. The molecule has 2 rings (SSSR count). The van der Waals surface area contributed by atoms with Crippen LogP contribution in [0.1, 0.15) is 30.9 Å². The predicted molar refractivity (Wildman–Crippen MR) is 71.7 cm³/mol. The molecule has 96 valence electrons. The third kappa shape index (κ3) is 2.18. The normalized spacial score (nSPS) is 10.9. The van der Waals surface area contributed by atoms with E-state index in [0.29, 0.717) is 11.8 Å². The molecule has 18 heavy (non-hydrogen) atoms. The van der Waals surface area contributed by atoms with Crippen molar-refractivity contribution in [2.24, 2.45) is 0 Å². The number of aryl methyl sites for hydroxylation is 1. The van der Waals surface area contributed by atoms with E-state index in [1.807, 2.05) is 13.0 Å². The number of nitrogen functional groups attached to an aromatic ring is 1. The van der Waals surface area contributed by atoms with E-state index in [0.717, 1.165) is 28.1 Å². The van der Waals surface area contributed by atoms with Gasteiger partial charge in [0.05, 0.1) is 7.11 Å². The summed E-state index contributed by atoms with van der Waals surface area (Å²) in [5.41, 5.74) is 9.59. The molecule has 0 fully saturated rings. The Bertz CT molecular complexity index is 559. The van der Waals surface area contributed by atoms with E-state index in [9.17, 15) is 0 Å². The van der Waals surface area contributed by atoms with E-state index < -0.39 is 0 Å². The Hall–Kier alpha value is -1.97. The zero-order chi connectivity index (χ0) is 13.3. The van der Waals surface area contributed by atoms with Crippen LogP contribution in [0.5, 0.6) is 5.75 Å². The average molecular weight is 246 g/mol. The van der Waals surface area contributed by atoms with Gasteiger partial charge >= 0.3 is 0 Å². The van der Waals surface area contributed by atoms with Gasteiger partial charge in [0, 0.05) is 11.6 Å². The van der Waals surface area contributed by atoms with Crippen molar-refractivity contribution in [3.63, 3.8) is 0 Å². The minimum atomic E-state index is 0.325. The largest absolute Gasteiger partial charge is 0.496 e. The molecule has 1 heterocycles. The lowest BCUT2D eigenvalue weighted by Gasteiger charge is -2.15. The Morgan fingerprint density at radius 2 is 2.00 bits per heavy atom. The van der Waals surface area contributed by atoms with E-state index in [-0.39, 0.29) is 0 Å². The highest BCUT2D eigenvalue weighted by atomic mass is 16.5. The van der Waals surface area contributed by atoms with Crippen LogP contribution in [0.2, 0.25) is 0 Å². The van der Waals surface area contributed by atoms with Crippen molar-refractivity contribution in [3.8, 4) is 17.0 Å². The first kappa shape index (κ1) is 12.5. The smallest absolute Gasteiger partial charge is 0.222 e. The SMILES string of the molecule is COc1cc(C)c(-c2cc(N)on2)cc1C(C)C. The van der Waals surface area contributed by atoms with Gasteiger partial charge in [0.2, 0.25) is 5.88 Å². The average Bonchev–Trinajstić information content (AvgIpc) is 2.74. The predicted octanol–water partition coefficient (Wildman–Crippen LogP) is 3.36. The molecule has 0 atom stereocenters. The van der Waals surface area contributed by atoms with E-state index in [1.165, 1.54) is 0 Å². The second-order valence-corrected chi connectivity index (χ2v) is 4.68. The number of nitrogens with zero attached hydrogens (tertiary/aromatic N) is 1. The van der Waals surface area contributed by atoms with Crippen LogP contribution in [0.4, 0.5) is 5.88 Å². The van der Waals surface area contributed by atoms with Crippen LogP contribution in [0.25, 0.3) is 11.3 Å². The third-order valence-corrected chi connectivity index (χ3v) is 3.00. The summed E-state index contributed by atoms with van der Waals surface area (Å²) in [5, 5.41) is 3.96. The van der Waals surface area contributed by atoms with Gasteiger partial charge < -0.3 is 15.0 Å². The molecule has 0 aliphatic rings. The first-order valence-corrected chi connectivity index (χ1v) is 5.94. The molecule has 4 heteroatoms. The maximum atomic E-state index is 5.57. The third-order valence-electron chi connectivity index (χ3n) is 3.00. The summed E-state index contributed by atoms with van der Waals surface area (Å²) in [7, 11) is 1.69. The van der Waals surface area contributed by atoms with Gasteiger partial charge in [-0.25, -0.2) is 0 Å². The number of nitrogens with two attached hydrogens (primary N) is 1. The second kappa shape index (κ2) is 4.72. The van der Waals surface area contributed by atoms with Crippen LogP contribution in [0.3, 0.4) is 0 Å². The Kier molecular flexibility index (Phi) is 3.28. The van der Waals surface area contributed by atoms with Gasteiger partial charge in [0.1, 0.15) is 11.4 Å². The van der Waals surface area contributed by atoms with E-state index in [4.69, 9.17) is 15.0 Å². The van der Waals surface area contributed by atoms with Crippen molar-refractivity contribution in [1.29, 1.82) is 0 Å². The van der Waals surface area contributed by atoms with Gasteiger partial charge in [-0.05, 0) is 36.1 Å². The van der Waals surface area contributed by atoms with Crippen LogP contribution >= 0.6 is 0 Å². The molecule has 0 saturated heterocycles. The maximum Gasteiger partial charge on any atom is 0.222 e. The summed E-state index contributed by atoms with van der Waals surface area (Å²) in [6.45, 7) is 6.29. The van der Waals surface area contributed by atoms with Crippen LogP contribution in [-0.2, 0) is 0 Å². The molecule has 2 aromatic rings. The number of hydrogen-bond donors (Lipinski definition) is 1. The number of benzene rings is 1. The molecule has 0 spiro atoms. The van der Waals surface area contributed by atoms with Gasteiger partial charge in [-0.15, -0.1) is 0 Å². The lowest BCUT2D eigenvalue weighted by Crippen LogP contribution is -1.97. The standard InChI is InChI=1S/C14H18N2O2/c1-8(2)10-6-11(9(3)5-13(10)17-4)12-7-14(15)18-16-12/h5-8H,15H2,1-4H3. The molecule has 0 unspecified atom stereocenters. The Morgan fingerprint density at radius 1 is 1.28 bits per heavy atom. The Balaban J connectivity index is 2.58. The number of anilines is 1. The highest BCUT2D eigenvalue weighted by Crippen LogP contribution is 2.34. The molecule has 0 aliphatic heterocycles. The summed E-state index contributed by atoms with van der Waals surface area (Å²) in [5.74, 6) is 1.61. The Morgan fingerprint density at radius 3 is 2.50 bits per heavy atom. The molecule has 0 saturated carbocycles. The van der Waals surface area contributed by atoms with Gasteiger partial charge in [0.15, 0.2) is 0 Å². The van der Waals surface area contributed by atoms with Crippen LogP contribution in [-0.4, -0.2) is 12.3 Å². The highest BCUT2D eigenvalue weighted by Gasteiger charge is 2.14. The van der Waals surface area contributed by atoms with Crippen molar-refractivity contribution in [2.75, 3.05) is 12.8 Å². The summed E-state index contributed by atoms with van der Waals surface area (Å²) in [4.78, 5) is 0. The first-order valence-electron chi connectivity index (χ1n) is 5.94. The molecule has 0 radical (unpaired) electrons. The summed E-state index contributed by atoms with van der Waals surface area (Å²) in [6.07, 6.45) is 0. The number of ether oxygens (including phenoxy) is 1. The zero-order valence-corrected chi connectivity index (χ0v) is 11.2. The van der Waals surface area contributed by atoms with Crippen molar-refractivity contribution in [2.45, 2.75) is 26.7 Å². The van der Waals surface area contributed by atoms with Crippen LogP contribution < -0.4 is 10.5 Å². The summed E-state index contributed by atoms with van der Waals surface area (Å²) < 4.78 is 10.3. The maximum absolute atomic E-state index is 5.57. The summed E-state index contributed by atoms with van der Waals surface area (Å²) in [6, 6.07) is 5.85. The fourth-order valence-electron chi connectivity index (χ4n) is 2.02. The first-order chi connectivity index (χ1) is 8.52. The van der Waals surface area contributed by atoms with Crippen molar-refractivity contribution in [3.05, 3.63) is 29.3 Å². The number of aromatic nitrogens is 1. The highest BCUT2D eigenvalue weighted by molar-refractivity contribution is 5.68. The van der Waals surface area contributed by atoms with E-state index >= 15 is 0 Å². The zero-order valence-electron chi connectivity index (χ0n) is 11.2. The van der Waals surface area contributed by atoms with Crippen LogP contribution in [0.15, 0.2) is 22.7 Å². The van der Waals surface area contributed by atoms with Crippen molar-refractivity contribution >= 4 is 5.88 Å². The topological polar surface area (TPSA) is 61.3 Å². The molecule has 4 nitrogen and oxygen atoms in total. The molecule has 0 amide bonds. The number of rotatable bonds is 3. The monoisotopic (exact) mass is 246 g/mol. The lowest BCUT2D eigenvalue weighted by molar-refractivity contribution is 0.407. The molecular formula is C14H18N2O2. The van der Waals surface area contributed by atoms with Crippen molar-refractivity contribution in [1.82, 2.24) is 5.16 Å². The van der Waals surface area contributed by atoms with Gasteiger partial charge in [-0.1, -0.05) is 19.0 Å². The van der Waals surface area contributed by atoms with E-state index in [2.05, 4.69) is 25.1 Å². The van der Waals surface area contributed by atoms with Gasteiger partial charge in [0.25, 0.3) is 0 Å². The minimum Gasteiger partial charge on any atom is -0.496 e. The Labute approximate surface area is 107 Å². The minimum absolute atomic E-state index is 0.325.